The van der Waals surface area contributed by atoms with Crippen molar-refractivity contribution in [1.29, 1.82) is 0 Å². The minimum absolute atomic E-state index is 0.165. The van der Waals surface area contributed by atoms with E-state index in [4.69, 9.17) is 11.6 Å². The predicted molar refractivity (Wildman–Crippen MR) is 101 cm³/mol. The smallest absolute Gasteiger partial charge is 0.123 e. The average Bonchev–Trinajstić information content (AvgIpc) is 3.03. The van der Waals surface area contributed by atoms with Gasteiger partial charge >= 0.3 is 0 Å². The molecule has 1 aliphatic carbocycles. The van der Waals surface area contributed by atoms with Gasteiger partial charge in [0.15, 0.2) is 0 Å². The van der Waals surface area contributed by atoms with Gasteiger partial charge in [-0.3, -0.25) is 9.80 Å². The monoisotopic (exact) mass is 358 g/mol. The first-order valence-corrected chi connectivity index (χ1v) is 9.66. The van der Waals surface area contributed by atoms with Crippen molar-refractivity contribution < 1.29 is 4.39 Å². The number of fused-ring (bicyclic) bond motifs is 1. The maximum absolute atomic E-state index is 13.3. The van der Waals surface area contributed by atoms with Gasteiger partial charge in [-0.2, -0.15) is 0 Å². The van der Waals surface area contributed by atoms with Gasteiger partial charge in [-0.1, -0.05) is 36.4 Å². The molecule has 132 valence electrons. The van der Waals surface area contributed by atoms with Crippen molar-refractivity contribution in [3.05, 3.63) is 71.0 Å². The molecule has 0 saturated carbocycles. The first-order valence-electron chi connectivity index (χ1n) is 9.13. The number of halogens is 2. The lowest BCUT2D eigenvalue weighted by atomic mass is 9.93. The Balaban J connectivity index is 1.56. The third-order valence-electron chi connectivity index (χ3n) is 5.71. The zero-order chi connectivity index (χ0) is 17.2. The Morgan fingerprint density at radius 2 is 1.60 bits per heavy atom. The lowest BCUT2D eigenvalue weighted by Gasteiger charge is -2.38. The molecule has 0 spiro atoms. The minimum atomic E-state index is -0.165. The molecule has 2 aromatic carbocycles. The van der Waals surface area contributed by atoms with E-state index in [0.717, 1.165) is 39.1 Å². The van der Waals surface area contributed by atoms with Crippen LogP contribution in [0.2, 0.25) is 0 Å². The van der Waals surface area contributed by atoms with Gasteiger partial charge in [-0.05, 0) is 35.2 Å². The summed E-state index contributed by atoms with van der Waals surface area (Å²) in [5.74, 6) is 0.906. The van der Waals surface area contributed by atoms with E-state index >= 15 is 0 Å². The number of piperazine rings is 1. The topological polar surface area (TPSA) is 6.48 Å². The number of hydrogen-bond donors (Lipinski definition) is 0. The van der Waals surface area contributed by atoms with Crippen molar-refractivity contribution in [2.75, 3.05) is 38.6 Å². The molecule has 1 heterocycles. The fourth-order valence-electron chi connectivity index (χ4n) is 4.38. The summed E-state index contributed by atoms with van der Waals surface area (Å²) in [6.45, 7) is 5.34. The number of rotatable bonds is 4. The van der Waals surface area contributed by atoms with Crippen LogP contribution in [0.3, 0.4) is 0 Å². The molecule has 1 aliphatic heterocycles. The second-order valence-corrected chi connectivity index (χ2v) is 7.43. The van der Waals surface area contributed by atoms with Crippen LogP contribution in [0.4, 0.5) is 4.39 Å². The highest BCUT2D eigenvalue weighted by Crippen LogP contribution is 2.46. The highest BCUT2D eigenvalue weighted by atomic mass is 35.5. The molecule has 0 aromatic heterocycles. The van der Waals surface area contributed by atoms with Crippen LogP contribution in [0.1, 0.15) is 35.1 Å². The molecule has 25 heavy (non-hydrogen) atoms. The Labute approximate surface area is 154 Å². The Morgan fingerprint density at radius 1 is 0.920 bits per heavy atom. The van der Waals surface area contributed by atoms with Gasteiger partial charge in [0.05, 0.1) is 0 Å². The van der Waals surface area contributed by atoms with E-state index < -0.39 is 0 Å². The molecule has 1 saturated heterocycles. The fourth-order valence-corrected chi connectivity index (χ4v) is 4.62. The number of benzene rings is 2. The number of alkyl halides is 1. The van der Waals surface area contributed by atoms with Crippen molar-refractivity contribution in [2.45, 2.75) is 18.4 Å². The first kappa shape index (κ1) is 17.0. The Hall–Kier alpha value is -1.42. The van der Waals surface area contributed by atoms with Crippen molar-refractivity contribution >= 4 is 11.6 Å². The van der Waals surface area contributed by atoms with Gasteiger partial charge in [0, 0.05) is 50.6 Å². The molecule has 0 radical (unpaired) electrons. The van der Waals surface area contributed by atoms with E-state index in [9.17, 15) is 4.39 Å². The number of hydrogen-bond acceptors (Lipinski definition) is 2. The van der Waals surface area contributed by atoms with Crippen LogP contribution in [0.25, 0.3) is 0 Å². The van der Waals surface area contributed by atoms with E-state index in [2.05, 4.69) is 34.1 Å². The number of nitrogens with zero attached hydrogens (tertiary/aromatic N) is 2. The second kappa shape index (κ2) is 7.45. The van der Waals surface area contributed by atoms with Crippen molar-refractivity contribution in [3.8, 4) is 0 Å². The molecular formula is C21H24ClFN2. The van der Waals surface area contributed by atoms with Crippen LogP contribution in [0, 0.1) is 5.82 Å². The van der Waals surface area contributed by atoms with Crippen LogP contribution in [-0.2, 0) is 0 Å². The van der Waals surface area contributed by atoms with Crippen LogP contribution in [0.5, 0.6) is 0 Å². The molecule has 2 aliphatic rings. The van der Waals surface area contributed by atoms with Gasteiger partial charge in [-0.15, -0.1) is 11.6 Å². The summed E-state index contributed by atoms with van der Waals surface area (Å²) < 4.78 is 13.3. The Morgan fingerprint density at radius 3 is 2.28 bits per heavy atom. The largest absolute Gasteiger partial charge is 0.300 e. The first-order chi connectivity index (χ1) is 12.3. The van der Waals surface area contributed by atoms with Crippen molar-refractivity contribution in [3.63, 3.8) is 0 Å². The lowest BCUT2D eigenvalue weighted by molar-refractivity contribution is 0.0987. The van der Waals surface area contributed by atoms with Crippen LogP contribution in [-0.4, -0.2) is 48.4 Å². The third-order valence-corrected chi connectivity index (χ3v) is 5.88. The van der Waals surface area contributed by atoms with Crippen LogP contribution in [0.15, 0.2) is 48.5 Å². The predicted octanol–water partition coefficient (Wildman–Crippen LogP) is 4.26. The summed E-state index contributed by atoms with van der Waals surface area (Å²) in [7, 11) is 0. The third kappa shape index (κ3) is 3.46. The molecule has 2 aromatic rings. The molecule has 0 amide bonds. The van der Waals surface area contributed by atoms with Crippen LogP contribution >= 0.6 is 11.6 Å². The molecule has 0 bridgehead atoms. The van der Waals surface area contributed by atoms with E-state index in [1.807, 2.05) is 12.1 Å². The SMILES string of the molecule is Fc1ccc(C2CC(N3CCN(CCCl)CC3)c3ccccc32)cc1. The zero-order valence-corrected chi connectivity index (χ0v) is 15.1. The maximum Gasteiger partial charge on any atom is 0.123 e. The van der Waals surface area contributed by atoms with E-state index in [1.54, 1.807) is 12.1 Å². The second-order valence-electron chi connectivity index (χ2n) is 7.05. The van der Waals surface area contributed by atoms with Crippen LogP contribution < -0.4 is 0 Å². The van der Waals surface area contributed by atoms with Gasteiger partial charge in [-0.25, -0.2) is 4.39 Å². The summed E-state index contributed by atoms with van der Waals surface area (Å²) in [4.78, 5) is 5.06. The average molecular weight is 359 g/mol. The van der Waals surface area contributed by atoms with Crippen molar-refractivity contribution in [1.82, 2.24) is 9.80 Å². The summed E-state index contributed by atoms with van der Waals surface area (Å²) >= 11 is 5.88. The summed E-state index contributed by atoms with van der Waals surface area (Å²) in [6, 6.07) is 16.3. The highest BCUT2D eigenvalue weighted by Gasteiger charge is 2.36. The Bertz CT molecular complexity index is 710. The molecule has 2 unspecified atom stereocenters. The minimum Gasteiger partial charge on any atom is -0.300 e. The van der Waals surface area contributed by atoms with Gasteiger partial charge in [0.2, 0.25) is 0 Å². The van der Waals surface area contributed by atoms with E-state index in [-0.39, 0.29) is 5.82 Å². The molecule has 4 heteroatoms. The standard InChI is InChI=1S/C21H24ClFN2/c22-9-10-24-11-13-25(14-12-24)21-15-20(16-5-7-17(23)8-6-16)18-3-1-2-4-19(18)21/h1-8,20-21H,9-15H2. The molecule has 0 N–H and O–H groups in total. The van der Waals surface area contributed by atoms with Gasteiger partial charge in [0.1, 0.15) is 5.82 Å². The van der Waals surface area contributed by atoms with Gasteiger partial charge in [0.25, 0.3) is 0 Å². The fraction of sp³-hybridized carbons (Fsp3) is 0.429. The summed E-state index contributed by atoms with van der Waals surface area (Å²) in [6.07, 6.45) is 1.08. The van der Waals surface area contributed by atoms with Crippen molar-refractivity contribution in [2.24, 2.45) is 0 Å². The highest BCUT2D eigenvalue weighted by molar-refractivity contribution is 6.18. The molecular weight excluding hydrogens is 335 g/mol. The lowest BCUT2D eigenvalue weighted by Crippen LogP contribution is -2.47. The molecule has 2 nitrogen and oxygen atoms in total. The molecule has 2 atom stereocenters. The normalized spacial score (nSPS) is 24.4. The Kier molecular flexibility index (Phi) is 5.07. The molecule has 1 fully saturated rings. The zero-order valence-electron chi connectivity index (χ0n) is 14.4. The summed E-state index contributed by atoms with van der Waals surface area (Å²) in [5, 5.41) is 0. The van der Waals surface area contributed by atoms with E-state index in [0.29, 0.717) is 17.8 Å². The quantitative estimate of drug-likeness (QED) is 0.753. The van der Waals surface area contributed by atoms with Gasteiger partial charge < -0.3 is 0 Å². The molecule has 4 rings (SSSR count). The van der Waals surface area contributed by atoms with E-state index in [1.165, 1.54) is 16.7 Å². The maximum atomic E-state index is 13.3. The summed E-state index contributed by atoms with van der Waals surface area (Å²) in [5.41, 5.74) is 4.07.